The Hall–Kier alpha value is -1.19. The highest BCUT2D eigenvalue weighted by Gasteiger charge is 2.12. The van der Waals surface area contributed by atoms with Crippen LogP contribution in [0.3, 0.4) is 0 Å². The smallest absolute Gasteiger partial charge is 0.325 e. The fourth-order valence-corrected chi connectivity index (χ4v) is 0.649. The van der Waals surface area contributed by atoms with E-state index in [1.54, 1.807) is 0 Å². The average Bonchev–Trinajstić information content (AvgIpc) is 1.97. The second-order valence-electron chi connectivity index (χ2n) is 3.57. The van der Waals surface area contributed by atoms with Crippen molar-refractivity contribution in [3.8, 4) is 0 Å². The van der Waals surface area contributed by atoms with Crippen LogP contribution in [-0.4, -0.2) is 25.2 Å². The molecule has 0 radical (unpaired) electrons. The molecule has 0 aromatic rings. The van der Waals surface area contributed by atoms with Crippen molar-refractivity contribution in [2.24, 2.45) is 0 Å². The summed E-state index contributed by atoms with van der Waals surface area (Å²) in [5, 5.41) is 2.70. The van der Waals surface area contributed by atoms with Gasteiger partial charge in [-0.05, 0) is 27.4 Å². The van der Waals surface area contributed by atoms with E-state index in [0.717, 1.165) is 0 Å². The van der Waals surface area contributed by atoms with E-state index >= 15 is 0 Å². The van der Waals surface area contributed by atoms with Crippen molar-refractivity contribution in [3.63, 3.8) is 0 Å². The van der Waals surface area contributed by atoms with Crippen LogP contribution in [0.5, 0.6) is 0 Å². The molecule has 13 heavy (non-hydrogen) atoms. The van der Waals surface area contributed by atoms with Gasteiger partial charge in [-0.15, -0.1) is 0 Å². The molecular formula is C9H17NO3. The number of ether oxygens (including phenoxy) is 2. The number of rotatable bonds is 4. The van der Waals surface area contributed by atoms with E-state index < -0.39 is 0 Å². The first-order valence-corrected chi connectivity index (χ1v) is 4.04. The molecule has 0 amide bonds. The average molecular weight is 187 g/mol. The lowest BCUT2D eigenvalue weighted by Crippen LogP contribution is -2.29. The van der Waals surface area contributed by atoms with E-state index in [9.17, 15) is 4.79 Å². The molecule has 0 aliphatic rings. The lowest BCUT2D eigenvalue weighted by atomic mass is 10.2. The third-order valence-electron chi connectivity index (χ3n) is 1.09. The lowest BCUT2D eigenvalue weighted by molar-refractivity contribution is -0.139. The maximum Gasteiger partial charge on any atom is 0.325 e. The van der Waals surface area contributed by atoms with Crippen molar-refractivity contribution < 1.29 is 14.3 Å². The molecule has 0 saturated heterocycles. The molecule has 0 rings (SSSR count). The molecule has 0 unspecified atom stereocenters. The minimum Gasteiger partial charge on any atom is -0.474 e. The first kappa shape index (κ1) is 11.8. The van der Waals surface area contributed by atoms with Crippen LogP contribution >= 0.6 is 0 Å². The molecule has 0 heterocycles. The Kier molecular flexibility index (Phi) is 4.31. The van der Waals surface area contributed by atoms with Gasteiger partial charge >= 0.3 is 5.97 Å². The molecule has 0 atom stereocenters. The molecule has 0 bridgehead atoms. The number of methoxy groups -OCH3 is 1. The Morgan fingerprint density at radius 3 is 2.38 bits per heavy atom. The number of carbonyl (C=O) groups is 1. The van der Waals surface area contributed by atoms with Crippen molar-refractivity contribution in [3.05, 3.63) is 12.5 Å². The minimum absolute atomic E-state index is 0.0748. The van der Waals surface area contributed by atoms with Gasteiger partial charge in [0.25, 0.3) is 0 Å². The highest BCUT2D eigenvalue weighted by Crippen LogP contribution is 2.09. The van der Waals surface area contributed by atoms with Crippen LogP contribution in [0.1, 0.15) is 20.8 Å². The summed E-state index contributed by atoms with van der Waals surface area (Å²) < 4.78 is 9.75. The van der Waals surface area contributed by atoms with Crippen molar-refractivity contribution in [1.29, 1.82) is 0 Å². The Bertz CT molecular complexity index is 194. The number of hydrogen-bond donors (Lipinski definition) is 1. The highest BCUT2D eigenvalue weighted by atomic mass is 16.5. The Labute approximate surface area is 78.9 Å². The largest absolute Gasteiger partial charge is 0.474 e. The maximum absolute atomic E-state index is 10.7. The summed E-state index contributed by atoms with van der Waals surface area (Å²) in [6, 6.07) is 0. The molecule has 0 aromatic carbocycles. The zero-order chi connectivity index (χ0) is 10.5. The van der Waals surface area contributed by atoms with Gasteiger partial charge < -0.3 is 14.8 Å². The third kappa shape index (κ3) is 7.18. The predicted octanol–water partition coefficient (Wildman–Crippen LogP) is 1.04. The predicted molar refractivity (Wildman–Crippen MR) is 50.0 cm³/mol. The molecule has 1 N–H and O–H groups in total. The van der Waals surface area contributed by atoms with Gasteiger partial charge in [-0.25, -0.2) is 0 Å². The van der Waals surface area contributed by atoms with Gasteiger partial charge in [0.05, 0.1) is 7.11 Å². The van der Waals surface area contributed by atoms with Crippen LogP contribution in [-0.2, 0) is 14.3 Å². The topological polar surface area (TPSA) is 47.6 Å². The van der Waals surface area contributed by atoms with Gasteiger partial charge in [0.15, 0.2) is 5.88 Å². The summed E-state index contributed by atoms with van der Waals surface area (Å²) in [4.78, 5) is 10.7. The molecule has 0 saturated carbocycles. The van der Waals surface area contributed by atoms with Gasteiger partial charge in [-0.3, -0.25) is 4.79 Å². The van der Waals surface area contributed by atoms with Gasteiger partial charge in [0.1, 0.15) is 12.1 Å². The van der Waals surface area contributed by atoms with E-state index in [2.05, 4.69) is 16.6 Å². The van der Waals surface area contributed by atoms with Crippen molar-refractivity contribution in [2.45, 2.75) is 26.4 Å². The summed E-state index contributed by atoms with van der Waals surface area (Å²) in [5.74, 6) is 0.0246. The molecule has 0 aliphatic carbocycles. The van der Waals surface area contributed by atoms with Crippen LogP contribution in [0, 0.1) is 0 Å². The Balaban J connectivity index is 3.71. The van der Waals surface area contributed by atoms with E-state index in [-0.39, 0.29) is 18.1 Å². The van der Waals surface area contributed by atoms with Gasteiger partial charge in [-0.2, -0.15) is 0 Å². The van der Waals surface area contributed by atoms with Crippen LogP contribution in [0.15, 0.2) is 12.5 Å². The van der Waals surface area contributed by atoms with E-state index in [1.165, 1.54) is 7.11 Å². The summed E-state index contributed by atoms with van der Waals surface area (Å²) in [7, 11) is 1.33. The van der Waals surface area contributed by atoms with Gasteiger partial charge in [0.2, 0.25) is 0 Å². The lowest BCUT2D eigenvalue weighted by Gasteiger charge is -2.22. The van der Waals surface area contributed by atoms with E-state index in [4.69, 9.17) is 4.74 Å². The summed E-state index contributed by atoms with van der Waals surface area (Å²) in [6.07, 6.45) is 0. The summed E-state index contributed by atoms with van der Waals surface area (Å²) in [5.41, 5.74) is -0.305. The maximum atomic E-state index is 10.7. The summed E-state index contributed by atoms with van der Waals surface area (Å²) >= 11 is 0. The Morgan fingerprint density at radius 2 is 2.00 bits per heavy atom. The first-order chi connectivity index (χ1) is 5.85. The minimum atomic E-state index is -0.348. The molecule has 0 aliphatic heterocycles. The quantitative estimate of drug-likeness (QED) is 0.527. The highest BCUT2D eigenvalue weighted by molar-refractivity contribution is 5.71. The number of nitrogens with one attached hydrogen (secondary N) is 1. The first-order valence-electron chi connectivity index (χ1n) is 4.04. The molecule has 4 heteroatoms. The van der Waals surface area contributed by atoms with E-state index in [1.807, 2.05) is 20.8 Å². The van der Waals surface area contributed by atoms with Gasteiger partial charge in [0, 0.05) is 0 Å². The number of esters is 1. The van der Waals surface area contributed by atoms with Crippen LogP contribution < -0.4 is 5.32 Å². The Morgan fingerprint density at radius 1 is 1.46 bits per heavy atom. The molecular weight excluding hydrogens is 170 g/mol. The molecule has 0 aromatic heterocycles. The molecule has 0 spiro atoms. The monoisotopic (exact) mass is 187 g/mol. The van der Waals surface area contributed by atoms with Crippen LogP contribution in [0.25, 0.3) is 0 Å². The molecule has 4 nitrogen and oxygen atoms in total. The normalized spacial score (nSPS) is 10.5. The second kappa shape index (κ2) is 4.74. The third-order valence-corrected chi connectivity index (χ3v) is 1.09. The second-order valence-corrected chi connectivity index (χ2v) is 3.57. The van der Waals surface area contributed by atoms with Crippen molar-refractivity contribution >= 4 is 5.97 Å². The summed E-state index contributed by atoms with van der Waals surface area (Å²) in [6.45, 7) is 9.38. The fraction of sp³-hybridized carbons (Fsp3) is 0.667. The number of carbonyl (C=O) groups excluding carboxylic acids is 1. The molecule has 76 valence electrons. The van der Waals surface area contributed by atoms with Crippen LogP contribution in [0.2, 0.25) is 0 Å². The molecule has 0 fully saturated rings. The number of hydrogen-bond acceptors (Lipinski definition) is 4. The van der Waals surface area contributed by atoms with Crippen LogP contribution in [0.4, 0.5) is 0 Å². The standard InChI is InChI=1S/C9H17NO3/c1-7(13-9(2,3)4)10-6-8(11)12-5/h10H,1,6H2,2-5H3. The zero-order valence-electron chi connectivity index (χ0n) is 8.64. The van der Waals surface area contributed by atoms with Gasteiger partial charge in [-0.1, -0.05) is 0 Å². The van der Waals surface area contributed by atoms with Crippen molar-refractivity contribution in [1.82, 2.24) is 5.32 Å². The zero-order valence-corrected chi connectivity index (χ0v) is 8.64. The van der Waals surface area contributed by atoms with Crippen molar-refractivity contribution in [2.75, 3.05) is 13.7 Å². The fourth-order valence-electron chi connectivity index (χ4n) is 0.649. The van der Waals surface area contributed by atoms with E-state index in [0.29, 0.717) is 5.88 Å². The SMILES string of the molecule is C=C(NCC(=O)OC)OC(C)(C)C.